The Bertz CT molecular complexity index is 440. The number of hydrogen-bond acceptors (Lipinski definition) is 3. The summed E-state index contributed by atoms with van der Waals surface area (Å²) in [7, 11) is 1.65. The highest BCUT2D eigenvalue weighted by Crippen LogP contribution is 2.00. The summed E-state index contributed by atoms with van der Waals surface area (Å²) >= 11 is 0. The number of nitrogens with two attached hydrogens (primary N) is 1. The van der Waals surface area contributed by atoms with Gasteiger partial charge in [0.2, 0.25) is 0 Å². The van der Waals surface area contributed by atoms with Crippen LogP contribution in [-0.4, -0.2) is 23.1 Å². The van der Waals surface area contributed by atoms with E-state index in [0.29, 0.717) is 12.1 Å². The molecule has 1 amide bonds. The molecule has 17 heavy (non-hydrogen) atoms. The van der Waals surface area contributed by atoms with Gasteiger partial charge in [-0.2, -0.15) is 0 Å². The summed E-state index contributed by atoms with van der Waals surface area (Å²) in [6.07, 6.45) is 3.15. The van der Waals surface area contributed by atoms with E-state index in [1.165, 1.54) is 10.6 Å². The van der Waals surface area contributed by atoms with Crippen LogP contribution in [0.3, 0.4) is 0 Å². The van der Waals surface area contributed by atoms with E-state index in [1.54, 1.807) is 19.3 Å². The fraction of sp³-hybridized carbons (Fsp3) is 0.500. The van der Waals surface area contributed by atoms with Crippen molar-refractivity contribution in [1.29, 1.82) is 0 Å². The van der Waals surface area contributed by atoms with Crippen LogP contribution in [-0.2, 0) is 7.05 Å². The van der Waals surface area contributed by atoms with E-state index in [1.807, 2.05) is 6.92 Å². The summed E-state index contributed by atoms with van der Waals surface area (Å²) in [6.45, 7) is 2.53. The molecule has 5 heteroatoms. The molecule has 94 valence electrons. The second-order valence-electron chi connectivity index (χ2n) is 4.02. The molecule has 0 aliphatic rings. The van der Waals surface area contributed by atoms with Crippen molar-refractivity contribution in [3.05, 3.63) is 34.2 Å². The van der Waals surface area contributed by atoms with Gasteiger partial charge in [0.1, 0.15) is 0 Å². The number of rotatable bonds is 5. The highest BCUT2D eigenvalue weighted by molar-refractivity contribution is 5.94. The molecule has 3 N–H and O–H groups in total. The van der Waals surface area contributed by atoms with E-state index in [9.17, 15) is 9.59 Å². The highest BCUT2D eigenvalue weighted by atomic mass is 16.2. The lowest BCUT2D eigenvalue weighted by Gasteiger charge is -2.15. The molecule has 0 aromatic carbocycles. The van der Waals surface area contributed by atoms with Gasteiger partial charge in [0.15, 0.2) is 0 Å². The second-order valence-corrected chi connectivity index (χ2v) is 4.02. The third kappa shape index (κ3) is 3.71. The Morgan fingerprint density at radius 2 is 2.29 bits per heavy atom. The van der Waals surface area contributed by atoms with E-state index in [2.05, 4.69) is 5.32 Å². The molecule has 5 nitrogen and oxygen atoms in total. The zero-order chi connectivity index (χ0) is 12.8. The van der Waals surface area contributed by atoms with E-state index < -0.39 is 0 Å². The van der Waals surface area contributed by atoms with Crippen molar-refractivity contribution in [2.24, 2.45) is 12.8 Å². The Balaban J connectivity index is 2.75. The number of nitrogens with zero attached hydrogens (tertiary/aromatic N) is 1. The Labute approximate surface area is 101 Å². The van der Waals surface area contributed by atoms with Crippen molar-refractivity contribution in [1.82, 2.24) is 9.88 Å². The quantitative estimate of drug-likeness (QED) is 0.770. The number of hydrogen-bond donors (Lipinski definition) is 2. The maximum Gasteiger partial charge on any atom is 0.251 e. The van der Waals surface area contributed by atoms with Crippen molar-refractivity contribution >= 4 is 5.91 Å². The Kier molecular flexibility index (Phi) is 4.90. The van der Waals surface area contributed by atoms with E-state index in [4.69, 9.17) is 5.73 Å². The van der Waals surface area contributed by atoms with Crippen LogP contribution in [0, 0.1) is 0 Å². The minimum atomic E-state index is -0.219. The predicted octanol–water partition coefficient (Wildman–Crippen LogP) is 0.243. The first kappa shape index (κ1) is 13.4. The van der Waals surface area contributed by atoms with Gasteiger partial charge in [0.05, 0.1) is 0 Å². The lowest BCUT2D eigenvalue weighted by atomic mass is 10.1. The number of nitrogens with one attached hydrogen (secondary N) is 1. The van der Waals surface area contributed by atoms with E-state index >= 15 is 0 Å². The summed E-state index contributed by atoms with van der Waals surface area (Å²) in [6, 6.07) is 3.03. The molecular weight excluding hydrogens is 218 g/mol. The van der Waals surface area contributed by atoms with E-state index in [0.717, 1.165) is 12.8 Å². The average Bonchev–Trinajstić information content (AvgIpc) is 2.31. The lowest BCUT2D eigenvalue weighted by molar-refractivity contribution is 0.0934. The van der Waals surface area contributed by atoms with Gasteiger partial charge in [-0.25, -0.2) is 0 Å². The maximum atomic E-state index is 11.9. The molecule has 1 aromatic heterocycles. The monoisotopic (exact) mass is 237 g/mol. The number of carbonyl (C=O) groups excluding carboxylic acids is 1. The summed E-state index contributed by atoms with van der Waals surface area (Å²) in [4.78, 5) is 23.2. The topological polar surface area (TPSA) is 77.1 Å². The van der Waals surface area contributed by atoms with Gasteiger partial charge in [-0.05, 0) is 25.5 Å². The third-order valence-corrected chi connectivity index (χ3v) is 2.71. The van der Waals surface area contributed by atoms with Gasteiger partial charge in [0.25, 0.3) is 11.5 Å². The lowest BCUT2D eigenvalue weighted by Crippen LogP contribution is -2.36. The maximum absolute atomic E-state index is 11.9. The third-order valence-electron chi connectivity index (χ3n) is 2.71. The average molecular weight is 237 g/mol. The second kappa shape index (κ2) is 6.20. The first-order chi connectivity index (χ1) is 8.08. The molecule has 0 radical (unpaired) electrons. The summed E-state index contributed by atoms with van der Waals surface area (Å²) < 4.78 is 1.42. The van der Waals surface area contributed by atoms with Crippen molar-refractivity contribution in [2.75, 3.05) is 6.54 Å². The van der Waals surface area contributed by atoms with Gasteiger partial charge in [-0.15, -0.1) is 0 Å². The Hall–Kier alpha value is -1.62. The number of pyridine rings is 1. The molecule has 1 atom stereocenters. The van der Waals surface area contributed by atoms with Crippen molar-refractivity contribution in [3.8, 4) is 0 Å². The molecule has 0 fully saturated rings. The number of amides is 1. The molecular formula is C12H19N3O2. The van der Waals surface area contributed by atoms with Crippen molar-refractivity contribution in [2.45, 2.75) is 25.8 Å². The normalized spacial score (nSPS) is 12.2. The SMILES string of the molecule is CCC(CCN)NC(=O)c1ccn(C)c(=O)c1. The fourth-order valence-electron chi connectivity index (χ4n) is 1.54. The van der Waals surface area contributed by atoms with Gasteiger partial charge in [-0.3, -0.25) is 9.59 Å². The molecule has 0 aliphatic heterocycles. The molecule has 1 rings (SSSR count). The molecule has 0 bridgehead atoms. The van der Waals surface area contributed by atoms with E-state index in [-0.39, 0.29) is 17.5 Å². The Morgan fingerprint density at radius 1 is 1.59 bits per heavy atom. The van der Waals surface area contributed by atoms with Crippen LogP contribution in [0.25, 0.3) is 0 Å². The van der Waals surface area contributed by atoms with Crippen LogP contribution in [0.15, 0.2) is 23.1 Å². The molecule has 1 aromatic rings. The Morgan fingerprint density at radius 3 is 2.82 bits per heavy atom. The van der Waals surface area contributed by atoms with Crippen LogP contribution < -0.4 is 16.6 Å². The minimum Gasteiger partial charge on any atom is -0.349 e. The van der Waals surface area contributed by atoms with Gasteiger partial charge in [-0.1, -0.05) is 6.92 Å². The molecule has 1 unspecified atom stereocenters. The summed E-state index contributed by atoms with van der Waals surface area (Å²) in [5.74, 6) is -0.219. The van der Waals surface area contributed by atoms with Crippen molar-refractivity contribution < 1.29 is 4.79 Å². The molecule has 0 aliphatic carbocycles. The first-order valence-corrected chi connectivity index (χ1v) is 5.76. The smallest absolute Gasteiger partial charge is 0.251 e. The van der Waals surface area contributed by atoms with Crippen LogP contribution in [0.1, 0.15) is 30.1 Å². The zero-order valence-electron chi connectivity index (χ0n) is 10.3. The minimum absolute atomic E-state index is 0.0663. The largest absolute Gasteiger partial charge is 0.349 e. The number of aromatic nitrogens is 1. The van der Waals surface area contributed by atoms with Crippen LogP contribution in [0.4, 0.5) is 0 Å². The van der Waals surface area contributed by atoms with Crippen molar-refractivity contribution in [3.63, 3.8) is 0 Å². The van der Waals surface area contributed by atoms with Gasteiger partial charge in [0, 0.05) is 30.9 Å². The number of aryl methyl sites for hydroxylation is 1. The van der Waals surface area contributed by atoms with Gasteiger partial charge >= 0.3 is 0 Å². The number of carbonyl (C=O) groups is 1. The molecule has 1 heterocycles. The highest BCUT2D eigenvalue weighted by Gasteiger charge is 2.11. The fourth-order valence-corrected chi connectivity index (χ4v) is 1.54. The summed E-state index contributed by atoms with van der Waals surface area (Å²) in [5, 5.41) is 2.86. The standard InChI is InChI=1S/C12H19N3O2/c1-3-10(4-6-13)14-12(17)9-5-7-15(2)11(16)8-9/h5,7-8,10H,3-4,6,13H2,1-2H3,(H,14,17). The molecule has 0 spiro atoms. The first-order valence-electron chi connectivity index (χ1n) is 5.76. The molecule has 0 saturated heterocycles. The molecule has 0 saturated carbocycles. The summed E-state index contributed by atoms with van der Waals surface area (Å²) in [5.41, 5.74) is 5.66. The zero-order valence-corrected chi connectivity index (χ0v) is 10.3. The predicted molar refractivity (Wildman–Crippen MR) is 66.9 cm³/mol. The van der Waals surface area contributed by atoms with Crippen LogP contribution in [0.5, 0.6) is 0 Å². The van der Waals surface area contributed by atoms with Gasteiger partial charge < -0.3 is 15.6 Å². The van der Waals surface area contributed by atoms with Crippen LogP contribution in [0.2, 0.25) is 0 Å². The van der Waals surface area contributed by atoms with Crippen LogP contribution >= 0.6 is 0 Å².